The SMILES string of the molecule is C=CCc1cccc([C@H]2C3=CC[C@@H]4C(=O)N(c5cc(C(F)(F)F)cc(C(F)(F)F)c5)C(=O)[C@@H]4[C@@H]3C[C@H]3C(=O)N(c4cc(C(F)(F)F)cc(C(F)(F)F)c4)C(=O)[C@@H]23)c1O. The fourth-order valence-electron chi connectivity index (χ4n) is 8.76. The van der Waals surface area contributed by atoms with Gasteiger partial charge in [-0.2, -0.15) is 52.7 Å². The number of phenols is 1. The van der Waals surface area contributed by atoms with Crippen LogP contribution in [-0.2, 0) is 50.3 Å². The van der Waals surface area contributed by atoms with Gasteiger partial charge < -0.3 is 5.11 Å². The summed E-state index contributed by atoms with van der Waals surface area (Å²) in [5.41, 5.74) is -9.10. The van der Waals surface area contributed by atoms with Gasteiger partial charge in [-0.3, -0.25) is 19.2 Å². The minimum absolute atomic E-state index is 0.0481. The Hall–Kier alpha value is -5.62. The van der Waals surface area contributed by atoms with Gasteiger partial charge in [0, 0.05) is 11.5 Å². The zero-order valence-electron chi connectivity index (χ0n) is 29.2. The summed E-state index contributed by atoms with van der Waals surface area (Å²) in [4.78, 5) is 57.0. The minimum atomic E-state index is -5.37. The number of rotatable bonds is 5. The van der Waals surface area contributed by atoms with E-state index in [1.807, 2.05) is 0 Å². The van der Waals surface area contributed by atoms with Crippen molar-refractivity contribution in [2.45, 2.75) is 49.9 Å². The molecule has 19 heteroatoms. The molecule has 1 saturated carbocycles. The first-order chi connectivity index (χ1) is 26.8. The fraction of sp³-hybridized carbons (Fsp3) is 0.333. The molecule has 2 aliphatic heterocycles. The summed E-state index contributed by atoms with van der Waals surface area (Å²) in [5, 5.41) is 11.5. The van der Waals surface area contributed by atoms with Crippen molar-refractivity contribution in [3.05, 3.63) is 112 Å². The van der Waals surface area contributed by atoms with Crippen molar-refractivity contribution >= 4 is 35.0 Å². The number of anilines is 2. The van der Waals surface area contributed by atoms with Gasteiger partial charge in [0.05, 0.1) is 57.3 Å². The number of para-hydroxylation sites is 1. The molecule has 3 aromatic rings. The molecule has 1 N–H and O–H groups in total. The van der Waals surface area contributed by atoms with Crippen LogP contribution in [-0.4, -0.2) is 28.7 Å². The maximum absolute atomic E-state index is 14.4. The molecule has 0 unspecified atom stereocenters. The lowest BCUT2D eigenvalue weighted by molar-refractivity contribution is -0.144. The predicted molar refractivity (Wildman–Crippen MR) is 177 cm³/mol. The average Bonchev–Trinajstić information content (AvgIpc) is 3.53. The molecule has 0 aromatic heterocycles. The number of imide groups is 2. The second-order valence-electron chi connectivity index (χ2n) is 14.4. The first-order valence-corrected chi connectivity index (χ1v) is 17.3. The van der Waals surface area contributed by atoms with E-state index in [4.69, 9.17) is 0 Å². The van der Waals surface area contributed by atoms with Crippen molar-refractivity contribution in [3.8, 4) is 5.75 Å². The second-order valence-corrected chi connectivity index (χ2v) is 14.4. The van der Waals surface area contributed by atoms with Crippen LogP contribution in [0.5, 0.6) is 5.75 Å². The van der Waals surface area contributed by atoms with Crippen LogP contribution < -0.4 is 9.80 Å². The summed E-state index contributed by atoms with van der Waals surface area (Å²) in [6.07, 6.45) is -19.5. The van der Waals surface area contributed by atoms with E-state index in [1.54, 1.807) is 0 Å². The van der Waals surface area contributed by atoms with Gasteiger partial charge in [-0.1, -0.05) is 35.9 Å². The van der Waals surface area contributed by atoms with Crippen molar-refractivity contribution in [1.82, 2.24) is 0 Å². The fourth-order valence-corrected chi connectivity index (χ4v) is 8.76. The molecular formula is C39H26F12N2O5. The second kappa shape index (κ2) is 13.5. The number of fused-ring (bicyclic) bond motifs is 4. The number of nitrogens with zero attached hydrogens (tertiary/aromatic N) is 2. The highest BCUT2D eigenvalue weighted by atomic mass is 19.4. The minimum Gasteiger partial charge on any atom is -0.507 e. The lowest BCUT2D eigenvalue weighted by Crippen LogP contribution is -2.43. The maximum atomic E-state index is 14.4. The molecule has 4 amide bonds. The Balaban J connectivity index is 1.37. The number of benzene rings is 3. The molecule has 2 aliphatic carbocycles. The lowest BCUT2D eigenvalue weighted by atomic mass is 9.57. The van der Waals surface area contributed by atoms with Gasteiger partial charge >= 0.3 is 24.7 Å². The van der Waals surface area contributed by atoms with Crippen LogP contribution in [0.1, 0.15) is 52.1 Å². The Morgan fingerprint density at radius 3 is 1.52 bits per heavy atom. The van der Waals surface area contributed by atoms with Crippen LogP contribution in [0.25, 0.3) is 0 Å². The maximum Gasteiger partial charge on any atom is 0.416 e. The van der Waals surface area contributed by atoms with Crippen LogP contribution in [0.15, 0.2) is 78.9 Å². The molecule has 0 radical (unpaired) electrons. The van der Waals surface area contributed by atoms with Crippen LogP contribution in [0, 0.1) is 29.6 Å². The highest BCUT2D eigenvalue weighted by molar-refractivity contribution is 6.24. The van der Waals surface area contributed by atoms with E-state index >= 15 is 0 Å². The van der Waals surface area contributed by atoms with Gasteiger partial charge in [-0.15, -0.1) is 6.58 Å². The third-order valence-electron chi connectivity index (χ3n) is 11.2. The lowest BCUT2D eigenvalue weighted by Gasteiger charge is -2.44. The third-order valence-corrected chi connectivity index (χ3v) is 11.2. The quantitative estimate of drug-likeness (QED) is 0.157. The van der Waals surface area contributed by atoms with E-state index in [2.05, 4.69) is 6.58 Å². The number of hydrogen-bond donors (Lipinski definition) is 1. The summed E-state index contributed by atoms with van der Waals surface area (Å²) < 4.78 is 166. The number of alkyl halides is 12. The normalized spacial score (nSPS) is 25.1. The topological polar surface area (TPSA) is 95.0 Å². The Morgan fingerprint density at radius 1 is 0.621 bits per heavy atom. The zero-order chi connectivity index (χ0) is 42.6. The third kappa shape index (κ3) is 6.60. The number of aromatic hydroxyl groups is 1. The molecular weight excluding hydrogens is 804 g/mol. The molecule has 2 heterocycles. The Morgan fingerprint density at radius 2 is 1.07 bits per heavy atom. The summed E-state index contributed by atoms with van der Waals surface area (Å²) in [6.45, 7) is 3.61. The van der Waals surface area contributed by atoms with Crippen molar-refractivity contribution in [2.75, 3.05) is 9.80 Å². The highest BCUT2D eigenvalue weighted by Gasteiger charge is 2.63. The van der Waals surface area contributed by atoms with Crippen molar-refractivity contribution in [3.63, 3.8) is 0 Å². The molecule has 306 valence electrons. The van der Waals surface area contributed by atoms with E-state index in [0.29, 0.717) is 0 Å². The molecule has 0 spiro atoms. The van der Waals surface area contributed by atoms with E-state index in [9.17, 15) is 77.0 Å². The molecule has 7 nitrogen and oxygen atoms in total. The Bertz CT molecular complexity index is 2240. The zero-order valence-corrected chi connectivity index (χ0v) is 29.2. The number of hydrogen-bond acceptors (Lipinski definition) is 5. The van der Waals surface area contributed by atoms with Crippen LogP contribution in [0.4, 0.5) is 64.1 Å². The molecule has 0 bridgehead atoms. The van der Waals surface area contributed by atoms with Gasteiger partial charge in [0.15, 0.2) is 0 Å². The Labute approximate surface area is 319 Å². The summed E-state index contributed by atoms with van der Waals surface area (Å²) in [7, 11) is 0. The first-order valence-electron chi connectivity index (χ1n) is 17.3. The van der Waals surface area contributed by atoms with Gasteiger partial charge in [-0.05, 0) is 67.1 Å². The molecule has 3 aromatic carbocycles. The largest absolute Gasteiger partial charge is 0.507 e. The van der Waals surface area contributed by atoms with Gasteiger partial charge in [0.1, 0.15) is 5.75 Å². The van der Waals surface area contributed by atoms with Crippen molar-refractivity contribution in [1.29, 1.82) is 0 Å². The molecule has 2 saturated heterocycles. The van der Waals surface area contributed by atoms with E-state index in [1.165, 1.54) is 30.4 Å². The van der Waals surface area contributed by atoms with Gasteiger partial charge in [-0.25, -0.2) is 9.80 Å². The van der Waals surface area contributed by atoms with Gasteiger partial charge in [0.2, 0.25) is 23.6 Å². The first kappa shape index (κ1) is 40.6. The van der Waals surface area contributed by atoms with E-state index < -0.39 is 130 Å². The number of carbonyl (C=O) groups excluding carboxylic acids is 4. The summed E-state index contributed by atoms with van der Waals surface area (Å²) in [6, 6.07) is 4.60. The summed E-state index contributed by atoms with van der Waals surface area (Å²) in [5.74, 6) is -14.3. The smallest absolute Gasteiger partial charge is 0.416 e. The number of halogens is 12. The predicted octanol–water partition coefficient (Wildman–Crippen LogP) is 9.24. The molecule has 58 heavy (non-hydrogen) atoms. The van der Waals surface area contributed by atoms with Crippen LogP contribution in [0.3, 0.4) is 0 Å². The van der Waals surface area contributed by atoms with Gasteiger partial charge in [0.25, 0.3) is 0 Å². The highest BCUT2D eigenvalue weighted by Crippen LogP contribution is 2.60. The number of carbonyl (C=O) groups is 4. The van der Waals surface area contributed by atoms with Crippen molar-refractivity contribution in [2.24, 2.45) is 29.6 Å². The molecule has 6 atom stereocenters. The molecule has 3 fully saturated rings. The van der Waals surface area contributed by atoms with Crippen LogP contribution in [0.2, 0.25) is 0 Å². The number of phenolic OH excluding ortho intramolecular Hbond substituents is 1. The molecule has 4 aliphatic rings. The van der Waals surface area contributed by atoms with Crippen LogP contribution >= 0.6 is 0 Å². The van der Waals surface area contributed by atoms with E-state index in [-0.39, 0.29) is 75.7 Å². The molecule has 7 rings (SSSR count). The Kier molecular flexibility index (Phi) is 9.43. The standard InChI is InChI=1S/C39H26F12N2O5/c1-2-4-16-5-3-6-24(31(16)54)28-23-7-8-25-29(34(57)52(32(25)55)21-11-17(36(40,41)42)9-18(12-21)37(43,44)45)26(23)15-27-30(28)35(58)53(33(27)56)22-13-19(38(46,47)48)10-20(14-22)39(49,50)51/h2-3,5-7,9-14,25-30,54H,1,4,8,15H2/t25-,26+,27+,28+,29-,30+/m0/s1. The number of amides is 4. The number of allylic oxidation sites excluding steroid dienone is 3. The monoisotopic (exact) mass is 830 g/mol. The van der Waals surface area contributed by atoms with E-state index in [0.717, 1.165) is 0 Å². The average molecular weight is 831 g/mol. The summed E-state index contributed by atoms with van der Waals surface area (Å²) >= 11 is 0. The van der Waals surface area contributed by atoms with Crippen molar-refractivity contribution < 1.29 is 77.0 Å².